The summed E-state index contributed by atoms with van der Waals surface area (Å²) < 4.78 is 33.6. The van der Waals surface area contributed by atoms with Gasteiger partial charge in [-0.2, -0.15) is 5.10 Å². The summed E-state index contributed by atoms with van der Waals surface area (Å²) in [6.45, 7) is 4.63. The highest BCUT2D eigenvalue weighted by Gasteiger charge is 2.35. The fourth-order valence-electron chi connectivity index (χ4n) is 5.30. The number of methoxy groups -OCH3 is 1. The number of carbonyl (C=O) groups excluding carboxylic acids is 1. The van der Waals surface area contributed by atoms with Crippen molar-refractivity contribution in [3.63, 3.8) is 0 Å². The lowest BCUT2D eigenvalue weighted by molar-refractivity contribution is 0.175. The first kappa shape index (κ1) is 23.2. The van der Waals surface area contributed by atoms with Crippen LogP contribution in [0.25, 0.3) is 11.0 Å². The molecule has 1 saturated heterocycles. The Morgan fingerprint density at radius 2 is 2.12 bits per heavy atom. The summed E-state index contributed by atoms with van der Waals surface area (Å²) in [5, 5.41) is 4.86. The zero-order chi connectivity index (χ0) is 24.2. The Morgan fingerprint density at radius 3 is 2.76 bits per heavy atom. The summed E-state index contributed by atoms with van der Waals surface area (Å²) in [6.07, 6.45) is 5.11. The Morgan fingerprint density at radius 1 is 1.32 bits per heavy atom. The predicted octanol–water partition coefficient (Wildman–Crippen LogP) is 3.96. The van der Waals surface area contributed by atoms with Gasteiger partial charge in [-0.05, 0) is 38.3 Å². The van der Waals surface area contributed by atoms with Crippen LogP contribution in [0, 0.1) is 0 Å². The summed E-state index contributed by atoms with van der Waals surface area (Å²) in [5.41, 5.74) is 3.53. The van der Waals surface area contributed by atoms with Crippen LogP contribution >= 0.6 is 11.6 Å². The highest BCUT2D eigenvalue weighted by Crippen LogP contribution is 2.40. The van der Waals surface area contributed by atoms with Gasteiger partial charge in [-0.3, -0.25) is 9.58 Å². The number of rotatable bonds is 4. The minimum absolute atomic E-state index is 0.0161. The van der Waals surface area contributed by atoms with Crippen LogP contribution in [0.5, 0.6) is 0 Å². The molecule has 0 saturated carbocycles. The lowest BCUT2D eigenvalue weighted by atomic mass is 9.95. The number of sulfone groups is 1. The number of amides is 1. The monoisotopic (exact) mass is 505 g/mol. The first-order valence-corrected chi connectivity index (χ1v) is 13.7. The van der Waals surface area contributed by atoms with Crippen molar-refractivity contribution in [1.82, 2.24) is 19.3 Å². The molecule has 182 valence electrons. The van der Waals surface area contributed by atoms with Crippen molar-refractivity contribution in [1.29, 1.82) is 0 Å². The fourth-order valence-corrected chi connectivity index (χ4v) is 7.16. The highest BCUT2D eigenvalue weighted by atomic mass is 35.5. The van der Waals surface area contributed by atoms with E-state index in [0.29, 0.717) is 18.0 Å². The number of benzene rings is 1. The lowest BCUT2D eigenvalue weighted by Crippen LogP contribution is -2.42. The minimum Gasteiger partial charge on any atom is -0.452 e. The van der Waals surface area contributed by atoms with Gasteiger partial charge in [0.1, 0.15) is 5.82 Å². The summed E-state index contributed by atoms with van der Waals surface area (Å²) in [7, 11) is -1.70. The zero-order valence-corrected chi connectivity index (χ0v) is 21.0. The number of aryl methyl sites for hydroxylation is 1. The number of halogens is 1. The van der Waals surface area contributed by atoms with Crippen molar-refractivity contribution in [3.05, 3.63) is 40.9 Å². The molecule has 0 spiro atoms. The van der Waals surface area contributed by atoms with Crippen molar-refractivity contribution in [2.24, 2.45) is 0 Å². The second-order valence-electron chi connectivity index (χ2n) is 9.34. The summed E-state index contributed by atoms with van der Waals surface area (Å²) >= 11 is 6.05. The molecule has 0 N–H and O–H groups in total. The molecule has 1 aromatic carbocycles. The quantitative estimate of drug-likeness (QED) is 0.532. The molecule has 34 heavy (non-hydrogen) atoms. The van der Waals surface area contributed by atoms with Gasteiger partial charge >= 0.3 is 6.09 Å². The molecular formula is C23H28ClN5O4S. The molecule has 3 aromatic rings. The Balaban J connectivity index is 1.65. The molecule has 2 aliphatic heterocycles. The molecule has 2 aliphatic rings. The molecule has 0 bridgehead atoms. The number of hydrogen-bond acceptors (Lipinski definition) is 6. The van der Waals surface area contributed by atoms with Gasteiger partial charge in [-0.25, -0.2) is 18.2 Å². The summed E-state index contributed by atoms with van der Waals surface area (Å²) in [4.78, 5) is 19.3. The zero-order valence-electron chi connectivity index (χ0n) is 19.4. The molecule has 1 fully saturated rings. The number of carbonyl (C=O) groups is 1. The van der Waals surface area contributed by atoms with E-state index < -0.39 is 15.9 Å². The van der Waals surface area contributed by atoms with Crippen molar-refractivity contribution >= 4 is 44.3 Å². The fraction of sp³-hybridized carbons (Fsp3) is 0.522. The number of aromatic nitrogens is 4. The second-order valence-corrected chi connectivity index (χ2v) is 12.0. The van der Waals surface area contributed by atoms with E-state index in [0.717, 1.165) is 41.0 Å². The van der Waals surface area contributed by atoms with Gasteiger partial charge in [-0.15, -0.1) is 0 Å². The first-order chi connectivity index (χ1) is 16.2. The Hall–Kier alpha value is -2.59. The smallest absolute Gasteiger partial charge is 0.414 e. The van der Waals surface area contributed by atoms with Crippen LogP contribution in [0.4, 0.5) is 10.5 Å². The molecule has 0 aliphatic carbocycles. The molecule has 11 heteroatoms. The normalized spacial score (nSPS) is 22.6. The van der Waals surface area contributed by atoms with E-state index in [2.05, 4.69) is 16.6 Å². The van der Waals surface area contributed by atoms with Crippen LogP contribution in [0.3, 0.4) is 0 Å². The molecule has 1 amide bonds. The topological polar surface area (TPSA) is 99.3 Å². The number of hydrogen-bond donors (Lipinski definition) is 0. The Labute approximate surface area is 203 Å². The van der Waals surface area contributed by atoms with Crippen LogP contribution in [-0.4, -0.2) is 58.5 Å². The van der Waals surface area contributed by atoms with Crippen molar-refractivity contribution < 1.29 is 17.9 Å². The lowest BCUT2D eigenvalue weighted by Gasteiger charge is -2.34. The first-order valence-electron chi connectivity index (χ1n) is 11.5. The Kier molecular flexibility index (Phi) is 5.84. The molecule has 0 unspecified atom stereocenters. The maximum Gasteiger partial charge on any atom is 0.414 e. The van der Waals surface area contributed by atoms with E-state index >= 15 is 0 Å². The van der Waals surface area contributed by atoms with Gasteiger partial charge in [0.25, 0.3) is 0 Å². The van der Waals surface area contributed by atoms with Crippen LogP contribution < -0.4 is 4.90 Å². The van der Waals surface area contributed by atoms with E-state index in [-0.39, 0.29) is 29.5 Å². The van der Waals surface area contributed by atoms with Crippen molar-refractivity contribution in [2.45, 2.75) is 57.7 Å². The van der Waals surface area contributed by atoms with E-state index in [9.17, 15) is 13.2 Å². The van der Waals surface area contributed by atoms with Gasteiger partial charge in [0.05, 0.1) is 59.1 Å². The average Bonchev–Trinajstić information content (AvgIpc) is 3.48. The van der Waals surface area contributed by atoms with Gasteiger partial charge in [0.2, 0.25) is 0 Å². The van der Waals surface area contributed by atoms with Crippen molar-refractivity contribution in [3.8, 4) is 0 Å². The van der Waals surface area contributed by atoms with Crippen LogP contribution in [0.1, 0.15) is 50.0 Å². The molecule has 0 radical (unpaired) electrons. The molecule has 4 heterocycles. The maximum absolute atomic E-state index is 12.5. The van der Waals surface area contributed by atoms with E-state index in [4.69, 9.17) is 21.3 Å². The number of fused-ring (bicyclic) bond motifs is 3. The van der Waals surface area contributed by atoms with E-state index in [1.165, 1.54) is 7.11 Å². The van der Waals surface area contributed by atoms with Gasteiger partial charge in [0, 0.05) is 23.7 Å². The molecule has 3 atom stereocenters. The number of imidazole rings is 1. The Bertz CT molecular complexity index is 1370. The second kappa shape index (κ2) is 8.57. The average molecular weight is 506 g/mol. The van der Waals surface area contributed by atoms with Crippen LogP contribution in [0.2, 0.25) is 5.02 Å². The minimum atomic E-state index is -3.09. The molecule has 9 nitrogen and oxygen atoms in total. The third-order valence-corrected chi connectivity index (χ3v) is 8.88. The molecule has 2 aromatic heterocycles. The van der Waals surface area contributed by atoms with Gasteiger partial charge in [0.15, 0.2) is 9.84 Å². The standard InChI is InChI=1S/C23H28ClN5O4S/c1-14(11-27-12-16(24)10-25-27)22-26-21-18-5-4-15(2)28(23(30)33-3)19(18)6-7-20(21)29(22)17-8-9-34(31,32)13-17/h6-7,10,12,14-15,17H,4-5,8-9,11,13H2,1-3H3/t14-,15+,17-/m1/s1. The summed E-state index contributed by atoms with van der Waals surface area (Å²) in [6, 6.07) is 3.74. The number of ether oxygens (including phenoxy) is 1. The van der Waals surface area contributed by atoms with Crippen molar-refractivity contribution in [2.75, 3.05) is 23.5 Å². The van der Waals surface area contributed by atoms with Gasteiger partial charge < -0.3 is 9.30 Å². The molecular weight excluding hydrogens is 478 g/mol. The molecule has 5 rings (SSSR count). The summed E-state index contributed by atoms with van der Waals surface area (Å²) in [5.74, 6) is 1.06. The third kappa shape index (κ3) is 3.96. The van der Waals surface area contributed by atoms with Gasteiger partial charge in [-0.1, -0.05) is 18.5 Å². The number of anilines is 1. The van der Waals surface area contributed by atoms with Crippen LogP contribution in [0.15, 0.2) is 24.5 Å². The maximum atomic E-state index is 12.5. The SMILES string of the molecule is COC(=O)N1c2ccc3c(nc([C@H](C)Cn4cc(Cl)cn4)n3[C@@H]3CCS(=O)(=O)C3)c2CC[C@@H]1C. The highest BCUT2D eigenvalue weighted by molar-refractivity contribution is 7.91. The predicted molar refractivity (Wildman–Crippen MR) is 130 cm³/mol. The van der Waals surface area contributed by atoms with E-state index in [1.54, 1.807) is 22.0 Å². The number of nitrogens with zero attached hydrogens (tertiary/aromatic N) is 5. The van der Waals surface area contributed by atoms with E-state index in [1.807, 2.05) is 19.1 Å². The largest absolute Gasteiger partial charge is 0.452 e. The van der Waals surface area contributed by atoms with Crippen LogP contribution in [-0.2, 0) is 27.5 Å². The third-order valence-electron chi connectivity index (χ3n) is 6.93.